The molecule has 4 rings (SSSR count). The number of imidazole rings is 1. The fourth-order valence-corrected chi connectivity index (χ4v) is 4.27. The van der Waals surface area contributed by atoms with Crippen LogP contribution in [0.5, 0.6) is 0 Å². The van der Waals surface area contributed by atoms with Gasteiger partial charge in [-0.2, -0.15) is 0 Å². The Morgan fingerprint density at radius 1 is 1.29 bits per heavy atom. The Hall–Kier alpha value is -2.77. The second kappa shape index (κ2) is 7.00. The van der Waals surface area contributed by atoms with E-state index in [1.165, 1.54) is 12.1 Å². The van der Waals surface area contributed by atoms with E-state index < -0.39 is 17.0 Å². The molecule has 2 fully saturated rings. The van der Waals surface area contributed by atoms with Crippen molar-refractivity contribution >= 4 is 11.8 Å². The molecule has 3 heterocycles. The zero-order valence-corrected chi connectivity index (χ0v) is 15.7. The van der Waals surface area contributed by atoms with E-state index in [9.17, 15) is 18.4 Å². The lowest BCUT2D eigenvalue weighted by molar-refractivity contribution is -0.146. The molecule has 1 aromatic heterocycles. The molecule has 28 heavy (non-hydrogen) atoms. The minimum Gasteiger partial charge on any atom is -0.338 e. The normalized spacial score (nSPS) is 22.3. The van der Waals surface area contributed by atoms with Crippen molar-refractivity contribution in [1.29, 1.82) is 0 Å². The maximum atomic E-state index is 14.0. The zero-order valence-electron chi connectivity index (χ0n) is 15.7. The second-order valence-corrected chi connectivity index (χ2v) is 7.72. The first-order valence-electron chi connectivity index (χ1n) is 9.43. The molecule has 0 radical (unpaired) electrons. The van der Waals surface area contributed by atoms with Crippen LogP contribution in [0.25, 0.3) is 0 Å². The third-order valence-corrected chi connectivity index (χ3v) is 5.76. The van der Waals surface area contributed by atoms with Gasteiger partial charge >= 0.3 is 0 Å². The summed E-state index contributed by atoms with van der Waals surface area (Å²) in [5, 5.41) is 0. The summed E-state index contributed by atoms with van der Waals surface area (Å²) in [5.74, 6) is -1.86. The largest absolute Gasteiger partial charge is 0.338 e. The smallest absolute Gasteiger partial charge is 0.289 e. The van der Waals surface area contributed by atoms with Gasteiger partial charge in [0.2, 0.25) is 5.91 Å². The molecule has 1 spiro atoms. The van der Waals surface area contributed by atoms with Crippen LogP contribution < -0.4 is 0 Å². The van der Waals surface area contributed by atoms with Gasteiger partial charge in [0, 0.05) is 43.6 Å². The molecule has 2 aromatic rings. The highest BCUT2D eigenvalue weighted by Crippen LogP contribution is 2.41. The number of nitrogens with one attached hydrogen (secondary N) is 1. The van der Waals surface area contributed by atoms with E-state index in [1.807, 2.05) is 6.92 Å². The lowest BCUT2D eigenvalue weighted by atomic mass is 9.78. The number of piperidine rings is 1. The third-order valence-electron chi connectivity index (χ3n) is 5.76. The molecule has 148 valence electrons. The van der Waals surface area contributed by atoms with Gasteiger partial charge < -0.3 is 14.8 Å². The maximum absolute atomic E-state index is 14.0. The Balaban J connectivity index is 1.50. The van der Waals surface area contributed by atoms with Crippen LogP contribution in [0.3, 0.4) is 0 Å². The Labute approximate surface area is 161 Å². The number of amides is 2. The van der Waals surface area contributed by atoms with Gasteiger partial charge in [-0.15, -0.1) is 0 Å². The Morgan fingerprint density at radius 3 is 2.86 bits per heavy atom. The van der Waals surface area contributed by atoms with Crippen LogP contribution in [-0.2, 0) is 11.3 Å². The molecule has 1 atom stereocenters. The summed E-state index contributed by atoms with van der Waals surface area (Å²) in [6.45, 7) is 3.17. The summed E-state index contributed by atoms with van der Waals surface area (Å²) in [4.78, 5) is 36.1. The summed E-state index contributed by atoms with van der Waals surface area (Å²) in [5.41, 5.74) is 0.316. The maximum Gasteiger partial charge on any atom is 0.289 e. The summed E-state index contributed by atoms with van der Waals surface area (Å²) < 4.78 is 27.5. The van der Waals surface area contributed by atoms with E-state index in [0.29, 0.717) is 32.5 Å². The quantitative estimate of drug-likeness (QED) is 0.879. The van der Waals surface area contributed by atoms with Gasteiger partial charge in [-0.05, 0) is 32.3 Å². The standard InChI is InChI=1S/C20H22F2N4O2/c1-13-10-23-17(24-13)18(27)26-9-7-20(12-26)6-3-8-25(19(20)28)11-14-4-2-5-15(21)16(14)22/h2,4-5,10H,3,6-9,11-12H2,1H3,(H,23,24). The number of rotatable bonds is 3. The molecule has 0 saturated carbocycles. The first-order valence-corrected chi connectivity index (χ1v) is 9.43. The fourth-order valence-electron chi connectivity index (χ4n) is 4.27. The predicted molar refractivity (Wildman–Crippen MR) is 97.3 cm³/mol. The van der Waals surface area contributed by atoms with E-state index in [4.69, 9.17) is 0 Å². The van der Waals surface area contributed by atoms with Crippen LogP contribution in [0.15, 0.2) is 24.4 Å². The highest BCUT2D eigenvalue weighted by Gasteiger charge is 2.49. The molecule has 6 nitrogen and oxygen atoms in total. The number of H-pyrrole nitrogens is 1. The molecule has 1 unspecified atom stereocenters. The molecule has 2 aliphatic heterocycles. The molecule has 0 bridgehead atoms. The van der Waals surface area contributed by atoms with Crippen molar-refractivity contribution in [3.8, 4) is 0 Å². The van der Waals surface area contributed by atoms with Gasteiger partial charge in [0.05, 0.1) is 5.41 Å². The van der Waals surface area contributed by atoms with Crippen LogP contribution in [0.1, 0.15) is 41.1 Å². The second-order valence-electron chi connectivity index (χ2n) is 7.72. The number of hydrogen-bond donors (Lipinski definition) is 1. The zero-order chi connectivity index (χ0) is 19.9. The van der Waals surface area contributed by atoms with Crippen LogP contribution in [-0.4, -0.2) is 51.2 Å². The number of hydrogen-bond acceptors (Lipinski definition) is 3. The van der Waals surface area contributed by atoms with Crippen molar-refractivity contribution < 1.29 is 18.4 Å². The number of benzene rings is 1. The van der Waals surface area contributed by atoms with Crippen LogP contribution in [0.4, 0.5) is 8.78 Å². The van der Waals surface area contributed by atoms with Crippen molar-refractivity contribution in [2.24, 2.45) is 5.41 Å². The topological polar surface area (TPSA) is 69.3 Å². The van der Waals surface area contributed by atoms with E-state index in [2.05, 4.69) is 9.97 Å². The molecule has 2 aliphatic rings. The van der Waals surface area contributed by atoms with Gasteiger partial charge in [-0.1, -0.05) is 12.1 Å². The average Bonchev–Trinajstić information content (AvgIpc) is 3.30. The highest BCUT2D eigenvalue weighted by atomic mass is 19.2. The van der Waals surface area contributed by atoms with Crippen molar-refractivity contribution in [3.05, 3.63) is 53.1 Å². The minimum absolute atomic E-state index is 0.0372. The lowest BCUT2D eigenvalue weighted by Crippen LogP contribution is -2.50. The average molecular weight is 388 g/mol. The van der Waals surface area contributed by atoms with Gasteiger partial charge in [0.1, 0.15) is 0 Å². The van der Waals surface area contributed by atoms with E-state index in [1.54, 1.807) is 16.0 Å². The lowest BCUT2D eigenvalue weighted by Gasteiger charge is -2.39. The number of aromatic nitrogens is 2. The first-order chi connectivity index (χ1) is 13.4. The van der Waals surface area contributed by atoms with Gasteiger partial charge in [-0.3, -0.25) is 9.59 Å². The number of nitrogens with zero attached hydrogens (tertiary/aromatic N) is 3. The molecular weight excluding hydrogens is 366 g/mol. The Morgan fingerprint density at radius 2 is 2.11 bits per heavy atom. The van der Waals surface area contributed by atoms with Crippen molar-refractivity contribution in [1.82, 2.24) is 19.8 Å². The van der Waals surface area contributed by atoms with Crippen LogP contribution in [0.2, 0.25) is 0 Å². The Bertz CT molecular complexity index is 929. The monoisotopic (exact) mass is 388 g/mol. The molecule has 2 saturated heterocycles. The van der Waals surface area contributed by atoms with E-state index in [0.717, 1.165) is 18.2 Å². The number of carbonyl (C=O) groups is 2. The van der Waals surface area contributed by atoms with E-state index in [-0.39, 0.29) is 29.7 Å². The molecule has 8 heteroatoms. The SMILES string of the molecule is Cc1cnc(C(=O)N2CCC3(CCCN(Cc4cccc(F)c4F)C3=O)C2)[nH]1. The Kier molecular flexibility index (Phi) is 4.64. The molecule has 1 N–H and O–H groups in total. The summed E-state index contributed by atoms with van der Waals surface area (Å²) in [7, 11) is 0. The number of carbonyl (C=O) groups excluding carboxylic acids is 2. The van der Waals surface area contributed by atoms with Crippen molar-refractivity contribution in [2.75, 3.05) is 19.6 Å². The first kappa shape index (κ1) is 18.6. The number of aryl methyl sites for hydroxylation is 1. The fraction of sp³-hybridized carbons (Fsp3) is 0.450. The third kappa shape index (κ3) is 3.16. The molecule has 1 aromatic carbocycles. The summed E-state index contributed by atoms with van der Waals surface area (Å²) in [6.07, 6.45) is 3.62. The predicted octanol–water partition coefficient (Wildman–Crippen LogP) is 2.65. The number of halogens is 2. The van der Waals surface area contributed by atoms with Gasteiger partial charge in [-0.25, -0.2) is 13.8 Å². The highest BCUT2D eigenvalue weighted by molar-refractivity contribution is 5.92. The van der Waals surface area contributed by atoms with Crippen molar-refractivity contribution in [3.63, 3.8) is 0 Å². The van der Waals surface area contributed by atoms with E-state index >= 15 is 0 Å². The van der Waals surface area contributed by atoms with Gasteiger partial charge in [0.25, 0.3) is 5.91 Å². The number of aromatic amines is 1. The van der Waals surface area contributed by atoms with Crippen molar-refractivity contribution in [2.45, 2.75) is 32.7 Å². The minimum atomic E-state index is -0.914. The van der Waals surface area contributed by atoms with Gasteiger partial charge in [0.15, 0.2) is 17.5 Å². The molecule has 0 aliphatic carbocycles. The number of likely N-dealkylation sites (tertiary alicyclic amines) is 2. The molecular formula is C20H22F2N4O2. The van der Waals surface area contributed by atoms with Crippen LogP contribution >= 0.6 is 0 Å². The summed E-state index contributed by atoms with van der Waals surface area (Å²) >= 11 is 0. The summed E-state index contributed by atoms with van der Waals surface area (Å²) in [6, 6.07) is 4.01. The molecule has 2 amide bonds. The van der Waals surface area contributed by atoms with Crippen LogP contribution in [0, 0.1) is 24.0 Å².